The first kappa shape index (κ1) is 17.5. The van der Waals surface area contributed by atoms with Crippen LogP contribution in [0, 0.1) is 0 Å². The van der Waals surface area contributed by atoms with E-state index < -0.39 is 5.60 Å². The van der Waals surface area contributed by atoms with Gasteiger partial charge in [0.15, 0.2) is 0 Å². The number of hydrogen-bond donors (Lipinski definition) is 3. The summed E-state index contributed by atoms with van der Waals surface area (Å²) >= 11 is 0. The van der Waals surface area contributed by atoms with Gasteiger partial charge in [-0.25, -0.2) is 9.48 Å². The highest BCUT2D eigenvalue weighted by atomic mass is 16.3. The normalized spacial score (nSPS) is 17.9. The number of aliphatic hydroxyl groups is 1. The summed E-state index contributed by atoms with van der Waals surface area (Å²) in [6.07, 6.45) is 10.9. The van der Waals surface area contributed by atoms with Crippen molar-refractivity contribution in [3.05, 3.63) is 30.2 Å². The lowest BCUT2D eigenvalue weighted by Crippen LogP contribution is -2.40. The summed E-state index contributed by atoms with van der Waals surface area (Å²) in [5, 5.41) is 24.5. The van der Waals surface area contributed by atoms with Gasteiger partial charge in [0, 0.05) is 24.9 Å². The third-order valence-corrected chi connectivity index (χ3v) is 4.75. The van der Waals surface area contributed by atoms with Crippen molar-refractivity contribution in [2.75, 3.05) is 11.9 Å². The number of urea groups is 1. The lowest BCUT2D eigenvalue weighted by atomic mass is 9.96. The van der Waals surface area contributed by atoms with Gasteiger partial charge in [0.1, 0.15) is 11.4 Å². The van der Waals surface area contributed by atoms with Crippen molar-refractivity contribution in [2.24, 2.45) is 7.05 Å². The summed E-state index contributed by atoms with van der Waals surface area (Å²) in [6.45, 7) is 1.73. The van der Waals surface area contributed by atoms with E-state index in [4.69, 9.17) is 0 Å². The Morgan fingerprint density at radius 3 is 2.80 bits per heavy atom. The highest BCUT2D eigenvalue weighted by molar-refractivity contribution is 5.88. The average Bonchev–Trinajstić information content (AvgIpc) is 3.23. The van der Waals surface area contributed by atoms with Crippen LogP contribution >= 0.6 is 0 Å². The van der Waals surface area contributed by atoms with E-state index in [1.807, 2.05) is 4.68 Å². The fraction of sp³-hybridized carbons (Fsp3) is 0.588. The molecular formula is C17H26N6O2. The second kappa shape index (κ2) is 7.26. The number of carbonyl (C=O) groups is 1. The quantitative estimate of drug-likeness (QED) is 0.773. The molecule has 3 rings (SSSR count). The molecule has 0 saturated heterocycles. The molecule has 2 amide bonds. The molecule has 136 valence electrons. The van der Waals surface area contributed by atoms with Crippen LogP contribution in [0.25, 0.3) is 0 Å². The molecule has 0 bridgehead atoms. The Morgan fingerprint density at radius 1 is 1.36 bits per heavy atom. The van der Waals surface area contributed by atoms with Crippen LogP contribution in [-0.2, 0) is 12.6 Å². The van der Waals surface area contributed by atoms with Gasteiger partial charge in [-0.05, 0) is 19.8 Å². The van der Waals surface area contributed by atoms with E-state index in [-0.39, 0.29) is 12.6 Å². The minimum Gasteiger partial charge on any atom is -0.383 e. The van der Waals surface area contributed by atoms with E-state index in [9.17, 15) is 9.90 Å². The predicted molar refractivity (Wildman–Crippen MR) is 94.1 cm³/mol. The number of amides is 2. The largest absolute Gasteiger partial charge is 0.383 e. The van der Waals surface area contributed by atoms with Gasteiger partial charge in [0.25, 0.3) is 0 Å². The Bertz CT molecular complexity index is 714. The lowest BCUT2D eigenvalue weighted by Gasteiger charge is -2.25. The van der Waals surface area contributed by atoms with Crippen LogP contribution in [-0.4, -0.2) is 37.2 Å². The molecule has 0 spiro atoms. The Labute approximate surface area is 147 Å². The van der Waals surface area contributed by atoms with Crippen molar-refractivity contribution in [3.63, 3.8) is 0 Å². The van der Waals surface area contributed by atoms with E-state index in [1.165, 1.54) is 19.3 Å². The Kier molecular flexibility index (Phi) is 5.08. The molecule has 0 aromatic carbocycles. The van der Waals surface area contributed by atoms with Crippen LogP contribution in [0.1, 0.15) is 50.6 Å². The molecule has 2 aromatic rings. The lowest BCUT2D eigenvalue weighted by molar-refractivity contribution is 0.0599. The molecule has 1 aliphatic carbocycles. The van der Waals surface area contributed by atoms with Gasteiger partial charge in [-0.2, -0.15) is 10.2 Å². The van der Waals surface area contributed by atoms with Crippen LogP contribution in [0.2, 0.25) is 0 Å². The van der Waals surface area contributed by atoms with Gasteiger partial charge in [0.05, 0.1) is 25.0 Å². The third kappa shape index (κ3) is 4.19. The molecule has 1 saturated carbocycles. The van der Waals surface area contributed by atoms with Gasteiger partial charge in [0.2, 0.25) is 0 Å². The summed E-state index contributed by atoms with van der Waals surface area (Å²) < 4.78 is 3.52. The SMILES string of the molecule is Cn1cc([C@@](C)(O)CNC(=O)Nc2ccnn2C2CCCCC2)cn1. The van der Waals surface area contributed by atoms with Crippen molar-refractivity contribution >= 4 is 11.8 Å². The number of aryl methyl sites for hydroxylation is 1. The van der Waals surface area contributed by atoms with E-state index in [1.54, 1.807) is 43.3 Å². The van der Waals surface area contributed by atoms with Crippen LogP contribution in [0.5, 0.6) is 0 Å². The topological polar surface area (TPSA) is 97.0 Å². The number of hydrogen-bond acceptors (Lipinski definition) is 4. The second-order valence-corrected chi connectivity index (χ2v) is 6.94. The summed E-state index contributed by atoms with van der Waals surface area (Å²) in [4.78, 5) is 12.2. The monoisotopic (exact) mass is 346 g/mol. The summed E-state index contributed by atoms with van der Waals surface area (Å²) in [6, 6.07) is 1.78. The zero-order valence-electron chi connectivity index (χ0n) is 14.8. The highest BCUT2D eigenvalue weighted by Crippen LogP contribution is 2.29. The predicted octanol–water partition coefficient (Wildman–Crippen LogP) is 2.15. The van der Waals surface area contributed by atoms with Crippen LogP contribution in [0.4, 0.5) is 10.6 Å². The van der Waals surface area contributed by atoms with Gasteiger partial charge >= 0.3 is 6.03 Å². The Balaban J connectivity index is 1.57. The smallest absolute Gasteiger partial charge is 0.320 e. The molecule has 1 atom stereocenters. The zero-order chi connectivity index (χ0) is 17.9. The molecule has 2 aromatic heterocycles. The number of rotatable bonds is 5. The van der Waals surface area contributed by atoms with Gasteiger partial charge in [-0.3, -0.25) is 10.00 Å². The minimum absolute atomic E-state index is 0.0854. The average molecular weight is 346 g/mol. The molecule has 1 fully saturated rings. The highest BCUT2D eigenvalue weighted by Gasteiger charge is 2.26. The van der Waals surface area contributed by atoms with Crippen molar-refractivity contribution < 1.29 is 9.90 Å². The molecule has 25 heavy (non-hydrogen) atoms. The molecule has 3 N–H and O–H groups in total. The maximum absolute atomic E-state index is 12.2. The fourth-order valence-electron chi connectivity index (χ4n) is 3.24. The first-order chi connectivity index (χ1) is 12.0. The standard InChI is InChI=1S/C17H26N6O2/c1-17(25,13-10-20-22(2)11-13)12-18-16(24)21-15-8-9-19-23(15)14-6-4-3-5-7-14/h8-11,14,25H,3-7,12H2,1-2H3,(H2,18,21,24)/t17-/m0/s1. The van der Waals surface area contributed by atoms with E-state index in [0.717, 1.165) is 12.8 Å². The van der Waals surface area contributed by atoms with Gasteiger partial charge < -0.3 is 10.4 Å². The second-order valence-electron chi connectivity index (χ2n) is 6.94. The maximum Gasteiger partial charge on any atom is 0.320 e. The Morgan fingerprint density at radius 2 is 2.12 bits per heavy atom. The summed E-state index contributed by atoms with van der Waals surface area (Å²) in [5.74, 6) is 0.686. The maximum atomic E-state index is 12.2. The van der Waals surface area contributed by atoms with Crippen molar-refractivity contribution in [1.29, 1.82) is 0 Å². The van der Waals surface area contributed by atoms with E-state index >= 15 is 0 Å². The van der Waals surface area contributed by atoms with Crippen LogP contribution in [0.15, 0.2) is 24.7 Å². The van der Waals surface area contributed by atoms with Gasteiger partial charge in [-0.1, -0.05) is 19.3 Å². The van der Waals surface area contributed by atoms with Crippen LogP contribution < -0.4 is 10.6 Å². The molecule has 8 nitrogen and oxygen atoms in total. The van der Waals surface area contributed by atoms with Crippen molar-refractivity contribution in [3.8, 4) is 0 Å². The minimum atomic E-state index is -1.19. The molecule has 1 aliphatic rings. The molecular weight excluding hydrogens is 320 g/mol. The number of anilines is 1. The third-order valence-electron chi connectivity index (χ3n) is 4.75. The first-order valence-electron chi connectivity index (χ1n) is 8.75. The van der Waals surface area contributed by atoms with Crippen LogP contribution in [0.3, 0.4) is 0 Å². The fourth-order valence-corrected chi connectivity index (χ4v) is 3.24. The zero-order valence-corrected chi connectivity index (χ0v) is 14.8. The van der Waals surface area contributed by atoms with Crippen molar-refractivity contribution in [2.45, 2.75) is 50.7 Å². The molecule has 0 radical (unpaired) electrons. The summed E-state index contributed by atoms with van der Waals surface area (Å²) in [7, 11) is 1.78. The first-order valence-corrected chi connectivity index (χ1v) is 8.75. The number of aromatic nitrogens is 4. The number of nitrogens with one attached hydrogen (secondary N) is 2. The molecule has 0 unspecified atom stereocenters. The van der Waals surface area contributed by atoms with Gasteiger partial charge in [-0.15, -0.1) is 0 Å². The molecule has 8 heteroatoms. The number of carbonyl (C=O) groups excluding carboxylic acids is 1. The summed E-state index contributed by atoms with van der Waals surface area (Å²) in [5.41, 5.74) is -0.530. The number of nitrogens with zero attached hydrogens (tertiary/aromatic N) is 4. The van der Waals surface area contributed by atoms with E-state index in [0.29, 0.717) is 17.4 Å². The Hall–Kier alpha value is -2.35. The van der Waals surface area contributed by atoms with Crippen molar-refractivity contribution in [1.82, 2.24) is 24.9 Å². The van der Waals surface area contributed by atoms with E-state index in [2.05, 4.69) is 20.8 Å². The molecule has 2 heterocycles. The molecule has 0 aliphatic heterocycles.